The zero-order chi connectivity index (χ0) is 13.4. The number of carbonyl (C=O) groups excluding carboxylic acids is 1. The van der Waals surface area contributed by atoms with Crippen LogP contribution in [0.2, 0.25) is 0 Å². The van der Waals surface area contributed by atoms with Crippen molar-refractivity contribution in [1.82, 2.24) is 5.32 Å². The van der Waals surface area contributed by atoms with E-state index in [1.54, 1.807) is 7.11 Å². The number of ether oxygens (including phenoxy) is 1. The number of para-hydroxylation sites is 1. The van der Waals surface area contributed by atoms with Crippen LogP contribution >= 0.6 is 0 Å². The van der Waals surface area contributed by atoms with Gasteiger partial charge in [-0.25, -0.2) is 0 Å². The predicted molar refractivity (Wildman–Crippen MR) is 72.6 cm³/mol. The highest BCUT2D eigenvalue weighted by Crippen LogP contribution is 2.17. The quantitative estimate of drug-likeness (QED) is 0.770. The second-order valence-corrected chi connectivity index (χ2v) is 4.34. The molecule has 0 bridgehead atoms. The lowest BCUT2D eigenvalue weighted by atomic mass is 10.1. The van der Waals surface area contributed by atoms with Gasteiger partial charge in [0, 0.05) is 18.2 Å². The Morgan fingerprint density at radius 2 is 2.17 bits per heavy atom. The molecule has 0 spiro atoms. The van der Waals surface area contributed by atoms with E-state index in [0.717, 1.165) is 24.2 Å². The summed E-state index contributed by atoms with van der Waals surface area (Å²) in [5.41, 5.74) is 6.73. The van der Waals surface area contributed by atoms with Gasteiger partial charge in [0.05, 0.1) is 13.5 Å². The van der Waals surface area contributed by atoms with Crippen molar-refractivity contribution < 1.29 is 9.53 Å². The fourth-order valence-electron chi connectivity index (χ4n) is 1.80. The van der Waals surface area contributed by atoms with Gasteiger partial charge in [0.2, 0.25) is 5.91 Å². The van der Waals surface area contributed by atoms with Gasteiger partial charge in [-0.15, -0.1) is 0 Å². The van der Waals surface area contributed by atoms with Gasteiger partial charge in [-0.3, -0.25) is 4.79 Å². The minimum Gasteiger partial charge on any atom is -0.496 e. The van der Waals surface area contributed by atoms with Crippen LogP contribution in [0.3, 0.4) is 0 Å². The molecule has 0 fully saturated rings. The van der Waals surface area contributed by atoms with E-state index < -0.39 is 0 Å². The molecule has 1 atom stereocenters. The molecule has 4 nitrogen and oxygen atoms in total. The predicted octanol–water partition coefficient (Wildman–Crippen LogP) is 1.48. The molecule has 1 aromatic carbocycles. The number of amides is 1. The van der Waals surface area contributed by atoms with Crippen molar-refractivity contribution in [2.75, 3.05) is 13.7 Å². The molecule has 0 aromatic heterocycles. The molecule has 1 aromatic rings. The average Bonchev–Trinajstić information content (AvgIpc) is 2.37. The Hall–Kier alpha value is -1.55. The molecule has 1 amide bonds. The third kappa shape index (κ3) is 4.75. The van der Waals surface area contributed by atoms with Gasteiger partial charge in [0.25, 0.3) is 0 Å². The average molecular weight is 250 g/mol. The molecular weight excluding hydrogens is 228 g/mol. The standard InChI is InChI=1S/C14H22N2O2/c1-3-6-12(15)10-16-14(17)9-11-7-4-5-8-13(11)18-2/h4-5,7-8,12H,3,6,9-10,15H2,1-2H3,(H,16,17). The fraction of sp³-hybridized carbons (Fsp3) is 0.500. The van der Waals surface area contributed by atoms with Crippen LogP contribution < -0.4 is 15.8 Å². The molecule has 18 heavy (non-hydrogen) atoms. The molecule has 0 heterocycles. The summed E-state index contributed by atoms with van der Waals surface area (Å²) >= 11 is 0. The van der Waals surface area contributed by atoms with Crippen molar-refractivity contribution in [2.45, 2.75) is 32.2 Å². The zero-order valence-electron chi connectivity index (χ0n) is 11.1. The summed E-state index contributed by atoms with van der Waals surface area (Å²) in [7, 11) is 1.61. The van der Waals surface area contributed by atoms with E-state index in [4.69, 9.17) is 10.5 Å². The molecule has 0 saturated heterocycles. The van der Waals surface area contributed by atoms with E-state index in [-0.39, 0.29) is 11.9 Å². The first-order chi connectivity index (χ1) is 8.67. The summed E-state index contributed by atoms with van der Waals surface area (Å²) in [6, 6.07) is 7.57. The highest BCUT2D eigenvalue weighted by molar-refractivity contribution is 5.79. The summed E-state index contributed by atoms with van der Waals surface area (Å²) in [6.45, 7) is 2.61. The molecule has 0 aliphatic carbocycles. The van der Waals surface area contributed by atoms with Crippen molar-refractivity contribution in [3.63, 3.8) is 0 Å². The minimum atomic E-state index is -0.0222. The van der Waals surface area contributed by atoms with Gasteiger partial charge in [-0.2, -0.15) is 0 Å². The van der Waals surface area contributed by atoms with E-state index >= 15 is 0 Å². The van der Waals surface area contributed by atoms with Gasteiger partial charge < -0.3 is 15.8 Å². The van der Waals surface area contributed by atoms with Gasteiger partial charge >= 0.3 is 0 Å². The van der Waals surface area contributed by atoms with Crippen LogP contribution in [0, 0.1) is 0 Å². The van der Waals surface area contributed by atoms with Gasteiger partial charge in [-0.1, -0.05) is 31.5 Å². The molecule has 1 rings (SSSR count). The van der Waals surface area contributed by atoms with E-state index in [1.807, 2.05) is 24.3 Å². The highest BCUT2D eigenvalue weighted by Gasteiger charge is 2.09. The summed E-state index contributed by atoms with van der Waals surface area (Å²) in [5, 5.41) is 2.85. The Kier molecular flexibility index (Phi) is 6.22. The molecular formula is C14H22N2O2. The molecule has 0 saturated carbocycles. The lowest BCUT2D eigenvalue weighted by molar-refractivity contribution is -0.120. The lowest BCUT2D eigenvalue weighted by Gasteiger charge is -2.12. The lowest BCUT2D eigenvalue weighted by Crippen LogP contribution is -2.37. The maximum absolute atomic E-state index is 11.8. The number of benzene rings is 1. The topological polar surface area (TPSA) is 64.3 Å². The number of hydrogen-bond donors (Lipinski definition) is 2. The van der Waals surface area contributed by atoms with Gasteiger partial charge in [0.15, 0.2) is 0 Å². The highest BCUT2D eigenvalue weighted by atomic mass is 16.5. The molecule has 3 N–H and O–H groups in total. The van der Waals surface area contributed by atoms with Crippen molar-refractivity contribution in [1.29, 1.82) is 0 Å². The number of rotatable bonds is 7. The van der Waals surface area contributed by atoms with E-state index in [9.17, 15) is 4.79 Å². The van der Waals surface area contributed by atoms with Gasteiger partial charge in [-0.05, 0) is 12.5 Å². The Balaban J connectivity index is 2.44. The van der Waals surface area contributed by atoms with E-state index in [2.05, 4.69) is 12.2 Å². The van der Waals surface area contributed by atoms with Crippen LogP contribution in [-0.4, -0.2) is 25.6 Å². The summed E-state index contributed by atoms with van der Waals surface area (Å²) in [5.74, 6) is 0.719. The number of carbonyl (C=O) groups is 1. The number of methoxy groups -OCH3 is 1. The van der Waals surface area contributed by atoms with Crippen LogP contribution in [0.1, 0.15) is 25.3 Å². The summed E-state index contributed by atoms with van der Waals surface area (Å²) < 4.78 is 5.21. The molecule has 0 radical (unpaired) electrons. The van der Waals surface area contributed by atoms with Gasteiger partial charge in [0.1, 0.15) is 5.75 Å². The van der Waals surface area contributed by atoms with Crippen LogP contribution in [0.5, 0.6) is 5.75 Å². The van der Waals surface area contributed by atoms with Crippen LogP contribution in [0.4, 0.5) is 0 Å². The second-order valence-electron chi connectivity index (χ2n) is 4.34. The number of nitrogens with two attached hydrogens (primary N) is 1. The molecule has 1 unspecified atom stereocenters. The third-order valence-electron chi connectivity index (χ3n) is 2.76. The fourth-order valence-corrected chi connectivity index (χ4v) is 1.80. The Labute approximate surface area is 109 Å². The third-order valence-corrected chi connectivity index (χ3v) is 2.76. The molecule has 0 aliphatic heterocycles. The monoisotopic (exact) mass is 250 g/mol. The number of hydrogen-bond acceptors (Lipinski definition) is 3. The second kappa shape index (κ2) is 7.71. The number of nitrogens with one attached hydrogen (secondary N) is 1. The van der Waals surface area contributed by atoms with Crippen molar-refractivity contribution in [3.05, 3.63) is 29.8 Å². The zero-order valence-corrected chi connectivity index (χ0v) is 11.1. The first-order valence-corrected chi connectivity index (χ1v) is 6.31. The van der Waals surface area contributed by atoms with E-state index in [1.165, 1.54) is 0 Å². The minimum absolute atomic E-state index is 0.0222. The normalized spacial score (nSPS) is 11.9. The largest absolute Gasteiger partial charge is 0.496 e. The first kappa shape index (κ1) is 14.5. The molecule has 4 heteroatoms. The van der Waals surface area contributed by atoms with Crippen LogP contribution in [-0.2, 0) is 11.2 Å². The first-order valence-electron chi connectivity index (χ1n) is 6.31. The Morgan fingerprint density at radius 1 is 1.44 bits per heavy atom. The Morgan fingerprint density at radius 3 is 2.83 bits per heavy atom. The maximum Gasteiger partial charge on any atom is 0.224 e. The summed E-state index contributed by atoms with van der Waals surface area (Å²) in [6.07, 6.45) is 2.28. The SMILES string of the molecule is CCCC(N)CNC(=O)Cc1ccccc1OC. The Bertz CT molecular complexity index is 380. The van der Waals surface area contributed by atoms with Crippen LogP contribution in [0.15, 0.2) is 24.3 Å². The van der Waals surface area contributed by atoms with Crippen LogP contribution in [0.25, 0.3) is 0 Å². The summed E-state index contributed by atoms with van der Waals surface area (Å²) in [4.78, 5) is 11.8. The smallest absolute Gasteiger partial charge is 0.224 e. The van der Waals surface area contributed by atoms with E-state index in [0.29, 0.717) is 13.0 Å². The molecule has 100 valence electrons. The molecule has 0 aliphatic rings. The maximum atomic E-state index is 11.8. The van der Waals surface area contributed by atoms with Crippen molar-refractivity contribution in [3.8, 4) is 5.75 Å². The van der Waals surface area contributed by atoms with Crippen molar-refractivity contribution >= 4 is 5.91 Å². The van der Waals surface area contributed by atoms with Crippen molar-refractivity contribution in [2.24, 2.45) is 5.73 Å².